The van der Waals surface area contributed by atoms with E-state index in [1.165, 1.54) is 4.68 Å². The number of aliphatic hydroxyl groups excluding tert-OH is 1. The maximum Gasteiger partial charge on any atom is 0.435 e. The van der Waals surface area contributed by atoms with Crippen LogP contribution in [0.2, 0.25) is 0 Å². The van der Waals surface area contributed by atoms with Crippen LogP contribution in [0.15, 0.2) is 18.2 Å². The zero-order chi connectivity index (χ0) is 23.7. The average Bonchev–Trinajstić information content (AvgIpc) is 3.09. The third kappa shape index (κ3) is 5.31. The van der Waals surface area contributed by atoms with Crippen LogP contribution in [0.5, 0.6) is 5.75 Å². The molecule has 1 aromatic heterocycles. The van der Waals surface area contributed by atoms with E-state index in [1.807, 2.05) is 35.6 Å². The Labute approximate surface area is 214 Å². The second-order valence-corrected chi connectivity index (χ2v) is 10.0. The molecule has 1 aliphatic heterocycles. The van der Waals surface area contributed by atoms with Gasteiger partial charge in [0.25, 0.3) is 0 Å². The summed E-state index contributed by atoms with van der Waals surface area (Å²) in [6, 6.07) is 6.21. The molecule has 1 atom stereocenters. The number of aromatic nitrogens is 2. The maximum atomic E-state index is 13.3. The minimum absolute atomic E-state index is 0.0558. The molecule has 1 saturated heterocycles. The van der Waals surface area contributed by atoms with Crippen LogP contribution in [0.25, 0.3) is 0 Å². The first kappa shape index (κ1) is 25.9. The summed E-state index contributed by atoms with van der Waals surface area (Å²) in [5.41, 5.74) is 1.64. The highest BCUT2D eigenvalue weighted by molar-refractivity contribution is 14.1. The molecule has 3 rings (SSSR count). The molecule has 32 heavy (non-hydrogen) atoms. The fourth-order valence-corrected chi connectivity index (χ4v) is 5.73. The van der Waals surface area contributed by atoms with Crippen LogP contribution in [-0.4, -0.2) is 41.2 Å². The Bertz CT molecular complexity index is 941. The van der Waals surface area contributed by atoms with Gasteiger partial charge in [0.15, 0.2) is 5.69 Å². The lowest BCUT2D eigenvalue weighted by Crippen LogP contribution is -2.46. The van der Waals surface area contributed by atoms with Crippen LogP contribution >= 0.6 is 45.2 Å². The molecule has 0 amide bonds. The molecule has 2 heterocycles. The zero-order valence-electron chi connectivity index (χ0n) is 18.3. The van der Waals surface area contributed by atoms with Gasteiger partial charge in [0.1, 0.15) is 5.75 Å². The first-order valence-electron chi connectivity index (χ1n) is 10.4. The lowest BCUT2D eigenvalue weighted by atomic mass is 9.75. The number of hydrogen-bond acceptors (Lipinski definition) is 4. The van der Waals surface area contributed by atoms with Gasteiger partial charge < -0.3 is 14.7 Å². The molecule has 0 radical (unpaired) electrons. The van der Waals surface area contributed by atoms with Crippen LogP contribution in [0.4, 0.5) is 18.9 Å². The van der Waals surface area contributed by atoms with Gasteiger partial charge in [0.05, 0.1) is 19.8 Å². The van der Waals surface area contributed by atoms with E-state index < -0.39 is 23.4 Å². The van der Waals surface area contributed by atoms with E-state index in [9.17, 15) is 18.3 Å². The van der Waals surface area contributed by atoms with Crippen molar-refractivity contribution in [1.29, 1.82) is 0 Å². The predicted octanol–water partition coefficient (Wildman–Crippen LogP) is 5.76. The normalized spacial score (nSPS) is 17.5. The largest absolute Gasteiger partial charge is 0.496 e. The van der Waals surface area contributed by atoms with Crippen molar-refractivity contribution in [3.05, 3.63) is 40.7 Å². The number of hydrogen-bond donors (Lipinski definition) is 1. The predicted molar refractivity (Wildman–Crippen MR) is 136 cm³/mol. The third-order valence-corrected chi connectivity index (χ3v) is 8.15. The third-order valence-electron chi connectivity index (χ3n) is 6.57. The van der Waals surface area contributed by atoms with Gasteiger partial charge in [-0.05, 0) is 31.2 Å². The number of anilines is 1. The number of piperidine rings is 1. The Hall–Kier alpha value is -0.760. The van der Waals surface area contributed by atoms with Gasteiger partial charge in [0, 0.05) is 50.5 Å². The van der Waals surface area contributed by atoms with Gasteiger partial charge in [-0.1, -0.05) is 58.2 Å². The van der Waals surface area contributed by atoms with Gasteiger partial charge >= 0.3 is 6.18 Å². The van der Waals surface area contributed by atoms with E-state index in [-0.39, 0.29) is 16.5 Å². The summed E-state index contributed by atoms with van der Waals surface area (Å²) in [7, 11) is 1.67. The number of aliphatic hydroxyl groups is 1. The van der Waals surface area contributed by atoms with E-state index >= 15 is 0 Å². The number of methoxy groups -OCH3 is 1. The lowest BCUT2D eigenvalue weighted by molar-refractivity contribution is -0.142. The Morgan fingerprint density at radius 2 is 1.88 bits per heavy atom. The highest BCUT2D eigenvalue weighted by atomic mass is 127. The topological polar surface area (TPSA) is 50.5 Å². The second kappa shape index (κ2) is 10.2. The van der Waals surface area contributed by atoms with E-state index in [2.05, 4.69) is 44.7 Å². The van der Waals surface area contributed by atoms with Crippen molar-refractivity contribution in [2.24, 2.45) is 5.41 Å². The van der Waals surface area contributed by atoms with Crippen LogP contribution in [0, 0.1) is 12.3 Å². The molecule has 0 spiro atoms. The summed E-state index contributed by atoms with van der Waals surface area (Å²) in [5, 5.41) is 14.8. The standard InChI is InChI=1S/C22H28F3I2N3O2/c1-14-17(12-27)20(22(23,24)25)28-30(14)13-19(31)21(2)6-8-29(9-7-21)16-5-4-15(11-26)18(10-16)32-3/h4-5,10,19,31H,6-9,11-13H2,1-3H3. The number of halogens is 5. The number of ether oxygens (including phenoxy) is 1. The van der Waals surface area contributed by atoms with E-state index in [1.54, 1.807) is 14.0 Å². The summed E-state index contributed by atoms with van der Waals surface area (Å²) in [5.74, 6) is 0.867. The molecule has 1 aromatic carbocycles. The fourth-order valence-electron chi connectivity index (χ4n) is 4.18. The minimum atomic E-state index is -4.50. The first-order valence-corrected chi connectivity index (χ1v) is 13.4. The van der Waals surface area contributed by atoms with Gasteiger partial charge in [0.2, 0.25) is 0 Å². The van der Waals surface area contributed by atoms with Crippen molar-refractivity contribution in [2.75, 3.05) is 25.1 Å². The average molecular weight is 677 g/mol. The molecule has 2 aromatic rings. The van der Waals surface area contributed by atoms with Crippen molar-refractivity contribution in [1.82, 2.24) is 9.78 Å². The van der Waals surface area contributed by atoms with Crippen molar-refractivity contribution < 1.29 is 23.0 Å². The minimum Gasteiger partial charge on any atom is -0.496 e. The van der Waals surface area contributed by atoms with Gasteiger partial charge in [-0.2, -0.15) is 18.3 Å². The molecule has 0 saturated carbocycles. The Morgan fingerprint density at radius 3 is 2.38 bits per heavy atom. The van der Waals surface area contributed by atoms with Crippen LogP contribution in [0.3, 0.4) is 0 Å². The molecule has 1 aliphatic rings. The highest BCUT2D eigenvalue weighted by Gasteiger charge is 2.40. The van der Waals surface area contributed by atoms with E-state index in [0.29, 0.717) is 5.69 Å². The SMILES string of the molecule is COc1cc(N2CCC(C)(C(O)Cn3nc(C(F)(F)F)c(CI)c3C)CC2)ccc1CI. The molecule has 10 heteroatoms. The Morgan fingerprint density at radius 1 is 1.22 bits per heavy atom. The van der Waals surface area contributed by atoms with Gasteiger partial charge in [-0.25, -0.2) is 0 Å². The van der Waals surface area contributed by atoms with Crippen LogP contribution in [-0.2, 0) is 21.6 Å². The fraction of sp³-hybridized carbons (Fsp3) is 0.591. The molecule has 0 aliphatic carbocycles. The summed E-state index contributed by atoms with van der Waals surface area (Å²) < 4.78 is 48.0. The molecule has 178 valence electrons. The van der Waals surface area contributed by atoms with Crippen LogP contribution < -0.4 is 9.64 Å². The molecule has 1 fully saturated rings. The summed E-state index contributed by atoms with van der Waals surface area (Å²) in [4.78, 5) is 2.27. The van der Waals surface area contributed by atoms with Gasteiger partial charge in [-0.15, -0.1) is 0 Å². The number of rotatable bonds is 7. The van der Waals surface area contributed by atoms with Crippen molar-refractivity contribution in [2.45, 2.75) is 54.4 Å². The first-order chi connectivity index (χ1) is 15.0. The monoisotopic (exact) mass is 677 g/mol. The quantitative estimate of drug-likeness (QED) is 0.300. The summed E-state index contributed by atoms with van der Waals surface area (Å²) >= 11 is 4.23. The van der Waals surface area contributed by atoms with E-state index in [0.717, 1.165) is 47.4 Å². The Kier molecular flexibility index (Phi) is 8.28. The van der Waals surface area contributed by atoms with E-state index in [4.69, 9.17) is 4.74 Å². The number of nitrogens with zero attached hydrogens (tertiary/aromatic N) is 3. The van der Waals surface area contributed by atoms with Crippen molar-refractivity contribution in [3.63, 3.8) is 0 Å². The molecular formula is C22H28F3I2N3O2. The smallest absolute Gasteiger partial charge is 0.435 e. The summed E-state index contributed by atoms with van der Waals surface area (Å²) in [6.07, 6.45) is -3.82. The zero-order valence-corrected chi connectivity index (χ0v) is 22.7. The second-order valence-electron chi connectivity index (χ2n) is 8.51. The maximum absolute atomic E-state index is 13.3. The van der Waals surface area contributed by atoms with Gasteiger partial charge in [-0.3, -0.25) is 4.68 Å². The molecule has 5 nitrogen and oxygen atoms in total. The molecular weight excluding hydrogens is 649 g/mol. The molecule has 1 unspecified atom stereocenters. The number of alkyl halides is 5. The lowest BCUT2D eigenvalue weighted by Gasteiger charge is -2.43. The van der Waals surface area contributed by atoms with Crippen molar-refractivity contribution >= 4 is 50.9 Å². The Balaban J connectivity index is 1.71. The molecule has 1 N–H and O–H groups in total. The number of benzene rings is 1. The summed E-state index contributed by atoms with van der Waals surface area (Å²) in [6.45, 7) is 5.22. The van der Waals surface area contributed by atoms with Crippen LogP contribution in [0.1, 0.15) is 42.3 Å². The highest BCUT2D eigenvalue weighted by Crippen LogP contribution is 2.39. The molecule has 0 bridgehead atoms. The van der Waals surface area contributed by atoms with Crippen molar-refractivity contribution in [3.8, 4) is 5.75 Å².